The highest BCUT2D eigenvalue weighted by molar-refractivity contribution is 6.11. The molecule has 0 aromatic heterocycles. The van der Waals surface area contributed by atoms with Crippen molar-refractivity contribution >= 4 is 5.78 Å². The number of benzene rings is 4. The minimum atomic E-state index is -1.30. The number of phenols is 1. The minimum Gasteiger partial charge on any atom is -0.508 e. The predicted octanol–water partition coefficient (Wildman–Crippen LogP) is 7.71. The zero-order valence-electron chi connectivity index (χ0n) is 21.5. The molecule has 1 N–H and O–H groups in total. The van der Waals surface area contributed by atoms with Gasteiger partial charge in [0.2, 0.25) is 5.78 Å². The fourth-order valence-electron chi connectivity index (χ4n) is 4.04. The van der Waals surface area contributed by atoms with E-state index >= 15 is 4.39 Å². The quantitative estimate of drug-likeness (QED) is 0.168. The molecule has 4 rings (SSSR count). The van der Waals surface area contributed by atoms with Gasteiger partial charge in [-0.2, -0.15) is 0 Å². The van der Waals surface area contributed by atoms with E-state index in [1.54, 1.807) is 6.08 Å². The molecule has 0 bridgehead atoms. The summed E-state index contributed by atoms with van der Waals surface area (Å²) < 4.78 is 57.2. The van der Waals surface area contributed by atoms with E-state index in [0.29, 0.717) is 12.1 Å². The van der Waals surface area contributed by atoms with Gasteiger partial charge in [-0.15, -0.1) is 0 Å². The zero-order chi connectivity index (χ0) is 27.9. The Morgan fingerprint density at radius 1 is 0.769 bits per heavy atom. The molecule has 0 spiro atoms. The Balaban J connectivity index is 1.87. The van der Waals surface area contributed by atoms with Crippen LogP contribution in [-0.4, -0.2) is 10.9 Å². The molecule has 0 aliphatic carbocycles. The van der Waals surface area contributed by atoms with Crippen molar-refractivity contribution in [1.29, 1.82) is 0 Å². The van der Waals surface area contributed by atoms with E-state index < -0.39 is 40.1 Å². The van der Waals surface area contributed by atoms with Crippen molar-refractivity contribution in [2.24, 2.45) is 0 Å². The molecule has 0 aliphatic heterocycles. The zero-order valence-corrected chi connectivity index (χ0v) is 21.5. The number of carbonyl (C=O) groups is 1. The van der Waals surface area contributed by atoms with Crippen LogP contribution in [0.25, 0.3) is 0 Å². The highest BCUT2D eigenvalue weighted by Gasteiger charge is 2.29. The third-order valence-corrected chi connectivity index (χ3v) is 5.95. The average molecular weight is 533 g/mol. The van der Waals surface area contributed by atoms with Gasteiger partial charge in [0.05, 0.1) is 11.1 Å². The van der Waals surface area contributed by atoms with Crippen LogP contribution in [0.3, 0.4) is 0 Å². The van der Waals surface area contributed by atoms with Gasteiger partial charge in [-0.1, -0.05) is 72.3 Å². The maximum atomic E-state index is 15.7. The number of hydrogen-bond donors (Lipinski definition) is 1. The van der Waals surface area contributed by atoms with E-state index in [-0.39, 0.29) is 36.7 Å². The Morgan fingerprint density at radius 2 is 1.28 bits per heavy atom. The maximum absolute atomic E-state index is 15.7. The SMILES string of the molecule is CC(C)=CCc1c(OCc2ccccc2)c(OCc2ccccc2)cc(F)c1C(=O)c1c(F)cc(O)cc1F. The number of halogens is 3. The number of ketones is 1. The number of phenolic OH excluding ortho intramolecular Hbond substituents is 1. The molecule has 0 fully saturated rings. The van der Waals surface area contributed by atoms with Gasteiger partial charge in [0.1, 0.15) is 36.4 Å². The first-order chi connectivity index (χ1) is 18.7. The van der Waals surface area contributed by atoms with E-state index in [4.69, 9.17) is 9.47 Å². The van der Waals surface area contributed by atoms with Gasteiger partial charge in [-0.3, -0.25) is 4.79 Å². The van der Waals surface area contributed by atoms with E-state index in [9.17, 15) is 18.7 Å². The monoisotopic (exact) mass is 532 g/mol. The smallest absolute Gasteiger partial charge is 0.202 e. The van der Waals surface area contributed by atoms with Crippen molar-refractivity contribution < 1.29 is 32.5 Å². The molecule has 4 aromatic rings. The fraction of sp³-hybridized carbons (Fsp3) is 0.156. The highest BCUT2D eigenvalue weighted by atomic mass is 19.1. The summed E-state index contributed by atoms with van der Waals surface area (Å²) in [4.78, 5) is 13.5. The second-order valence-electron chi connectivity index (χ2n) is 9.19. The number of rotatable bonds is 10. The van der Waals surface area contributed by atoms with Gasteiger partial charge >= 0.3 is 0 Å². The van der Waals surface area contributed by atoms with Gasteiger partial charge in [-0.05, 0) is 31.4 Å². The number of hydrogen-bond acceptors (Lipinski definition) is 4. The summed E-state index contributed by atoms with van der Waals surface area (Å²) in [6.45, 7) is 3.83. The first kappa shape index (κ1) is 27.5. The number of allylic oxidation sites excluding steroid dienone is 2. The van der Waals surface area contributed by atoms with Crippen molar-refractivity contribution in [3.05, 3.63) is 136 Å². The Morgan fingerprint density at radius 3 is 1.82 bits per heavy atom. The number of aromatic hydroxyl groups is 1. The minimum absolute atomic E-state index is 0.0360. The first-order valence-corrected chi connectivity index (χ1v) is 12.3. The summed E-state index contributed by atoms with van der Waals surface area (Å²) in [5.74, 6) is -5.38. The lowest BCUT2D eigenvalue weighted by Gasteiger charge is -2.20. The van der Waals surface area contributed by atoms with E-state index in [2.05, 4.69) is 0 Å². The lowest BCUT2D eigenvalue weighted by atomic mass is 9.93. The van der Waals surface area contributed by atoms with Crippen molar-refractivity contribution in [2.75, 3.05) is 0 Å². The molecule has 0 heterocycles. The molecule has 7 heteroatoms. The standard InChI is InChI=1S/C32H27F3O4/c1-20(2)13-14-24-29(31(37)30-25(33)15-23(36)16-26(30)34)27(35)17-28(38-18-21-9-5-3-6-10-21)32(24)39-19-22-11-7-4-8-12-22/h3-13,15-17,36H,14,18-19H2,1-2H3. The van der Waals surface area contributed by atoms with Gasteiger partial charge in [0.15, 0.2) is 11.5 Å². The third kappa shape index (κ3) is 6.68. The molecule has 0 unspecified atom stereocenters. The summed E-state index contributed by atoms with van der Waals surface area (Å²) in [5, 5.41) is 9.53. The summed E-state index contributed by atoms with van der Waals surface area (Å²) in [7, 11) is 0. The summed E-state index contributed by atoms with van der Waals surface area (Å²) in [5.41, 5.74) is 1.09. The second kappa shape index (κ2) is 12.3. The summed E-state index contributed by atoms with van der Waals surface area (Å²) in [6.07, 6.45) is 1.79. The molecule has 0 saturated heterocycles. The lowest BCUT2D eigenvalue weighted by molar-refractivity contribution is 0.102. The highest BCUT2D eigenvalue weighted by Crippen LogP contribution is 2.39. The van der Waals surface area contributed by atoms with Crippen LogP contribution in [0, 0.1) is 17.5 Å². The van der Waals surface area contributed by atoms with Gasteiger partial charge in [-0.25, -0.2) is 13.2 Å². The third-order valence-electron chi connectivity index (χ3n) is 5.95. The molecule has 4 aromatic carbocycles. The van der Waals surface area contributed by atoms with Crippen molar-refractivity contribution in [3.8, 4) is 17.2 Å². The van der Waals surface area contributed by atoms with Crippen LogP contribution in [0.15, 0.2) is 90.5 Å². The van der Waals surface area contributed by atoms with E-state index in [1.165, 1.54) is 0 Å². The van der Waals surface area contributed by atoms with E-state index in [0.717, 1.165) is 22.8 Å². The second-order valence-corrected chi connectivity index (χ2v) is 9.19. The molecular formula is C32H27F3O4. The lowest BCUT2D eigenvalue weighted by Crippen LogP contribution is -2.15. The topological polar surface area (TPSA) is 55.8 Å². The van der Waals surface area contributed by atoms with Crippen LogP contribution in [0.5, 0.6) is 17.2 Å². The van der Waals surface area contributed by atoms with Crippen molar-refractivity contribution in [1.82, 2.24) is 0 Å². The Kier molecular flexibility index (Phi) is 8.71. The van der Waals surface area contributed by atoms with Crippen LogP contribution in [0.1, 0.15) is 46.5 Å². The summed E-state index contributed by atoms with van der Waals surface area (Å²) >= 11 is 0. The van der Waals surface area contributed by atoms with Crippen LogP contribution in [0.2, 0.25) is 0 Å². The van der Waals surface area contributed by atoms with Crippen LogP contribution >= 0.6 is 0 Å². The van der Waals surface area contributed by atoms with E-state index in [1.807, 2.05) is 74.5 Å². The number of carbonyl (C=O) groups excluding carboxylic acids is 1. The van der Waals surface area contributed by atoms with Crippen molar-refractivity contribution in [3.63, 3.8) is 0 Å². The predicted molar refractivity (Wildman–Crippen MR) is 143 cm³/mol. The molecule has 4 nitrogen and oxygen atoms in total. The molecule has 0 saturated carbocycles. The molecule has 0 radical (unpaired) electrons. The average Bonchev–Trinajstić information content (AvgIpc) is 2.90. The molecule has 39 heavy (non-hydrogen) atoms. The van der Waals surface area contributed by atoms with Crippen LogP contribution in [0.4, 0.5) is 13.2 Å². The van der Waals surface area contributed by atoms with Gasteiger partial charge in [0, 0.05) is 23.8 Å². The largest absolute Gasteiger partial charge is 0.508 e. The molecule has 0 atom stereocenters. The van der Waals surface area contributed by atoms with Gasteiger partial charge in [0.25, 0.3) is 0 Å². The van der Waals surface area contributed by atoms with Crippen LogP contribution in [-0.2, 0) is 19.6 Å². The Hall–Kier alpha value is -4.52. The maximum Gasteiger partial charge on any atom is 0.202 e. The Bertz CT molecular complexity index is 1470. The molecule has 200 valence electrons. The first-order valence-electron chi connectivity index (χ1n) is 12.3. The van der Waals surface area contributed by atoms with Crippen molar-refractivity contribution in [2.45, 2.75) is 33.5 Å². The Labute approximate surface area is 225 Å². The van der Waals surface area contributed by atoms with Gasteiger partial charge < -0.3 is 14.6 Å². The fourth-order valence-corrected chi connectivity index (χ4v) is 4.04. The molecule has 0 aliphatic rings. The normalized spacial score (nSPS) is 10.7. The van der Waals surface area contributed by atoms with Crippen LogP contribution < -0.4 is 9.47 Å². The molecule has 0 amide bonds. The molecular weight excluding hydrogens is 505 g/mol. The number of ether oxygens (including phenoxy) is 2. The summed E-state index contributed by atoms with van der Waals surface area (Å²) in [6, 6.07) is 20.7.